The molecule has 1 aliphatic heterocycles. The summed E-state index contributed by atoms with van der Waals surface area (Å²) in [5.41, 5.74) is 5.12. The summed E-state index contributed by atoms with van der Waals surface area (Å²) < 4.78 is 4.69. The molecule has 5 heteroatoms. The SMILES string of the molecule is CCOC(=O)/C=C/N1CCC1C(N)=O. The predicted molar refractivity (Wildman–Crippen MR) is 50.1 cm³/mol. The van der Waals surface area contributed by atoms with Gasteiger partial charge in [-0.3, -0.25) is 4.79 Å². The molecule has 0 spiro atoms. The van der Waals surface area contributed by atoms with E-state index in [0.29, 0.717) is 6.61 Å². The molecule has 78 valence electrons. The fourth-order valence-electron chi connectivity index (χ4n) is 1.24. The van der Waals surface area contributed by atoms with Gasteiger partial charge in [0.05, 0.1) is 6.61 Å². The first-order valence-electron chi connectivity index (χ1n) is 4.55. The molecule has 1 heterocycles. The molecule has 1 aliphatic rings. The molecule has 0 aliphatic carbocycles. The van der Waals surface area contributed by atoms with Gasteiger partial charge < -0.3 is 15.4 Å². The van der Waals surface area contributed by atoms with Crippen molar-refractivity contribution in [1.29, 1.82) is 0 Å². The summed E-state index contributed by atoms with van der Waals surface area (Å²) in [5, 5.41) is 0. The first-order chi connectivity index (χ1) is 6.65. The van der Waals surface area contributed by atoms with Crippen LogP contribution in [0.4, 0.5) is 0 Å². The Kier molecular flexibility index (Phi) is 3.50. The van der Waals surface area contributed by atoms with Crippen LogP contribution in [0, 0.1) is 0 Å². The predicted octanol–water partition coefficient (Wildman–Crippen LogP) is -0.377. The molecule has 1 unspecified atom stereocenters. The lowest BCUT2D eigenvalue weighted by Gasteiger charge is -2.37. The standard InChI is InChI=1S/C9H14N2O3/c1-2-14-8(12)4-6-11-5-3-7(11)9(10)13/h4,6-7H,2-3,5H2,1H3,(H2,10,13)/b6-4+. The van der Waals surface area contributed by atoms with Crippen LogP contribution in [0.3, 0.4) is 0 Å². The van der Waals surface area contributed by atoms with E-state index in [4.69, 9.17) is 5.73 Å². The van der Waals surface area contributed by atoms with Gasteiger partial charge >= 0.3 is 5.97 Å². The first-order valence-corrected chi connectivity index (χ1v) is 4.55. The molecule has 1 saturated heterocycles. The van der Waals surface area contributed by atoms with Crippen molar-refractivity contribution in [3.8, 4) is 0 Å². The molecule has 0 aromatic carbocycles. The van der Waals surface area contributed by atoms with E-state index in [1.54, 1.807) is 18.0 Å². The summed E-state index contributed by atoms with van der Waals surface area (Å²) >= 11 is 0. The quantitative estimate of drug-likeness (QED) is 0.494. The molecule has 0 aromatic rings. The molecule has 0 aromatic heterocycles. The summed E-state index contributed by atoms with van der Waals surface area (Å²) in [7, 11) is 0. The molecular weight excluding hydrogens is 184 g/mol. The number of carbonyl (C=O) groups excluding carboxylic acids is 2. The van der Waals surface area contributed by atoms with E-state index in [0.717, 1.165) is 13.0 Å². The summed E-state index contributed by atoms with van der Waals surface area (Å²) in [4.78, 5) is 23.4. The lowest BCUT2D eigenvalue weighted by atomic mass is 10.0. The Morgan fingerprint density at radius 3 is 2.79 bits per heavy atom. The molecule has 0 saturated carbocycles. The molecule has 1 atom stereocenters. The van der Waals surface area contributed by atoms with Gasteiger partial charge in [0.2, 0.25) is 5.91 Å². The van der Waals surface area contributed by atoms with Crippen molar-refractivity contribution in [2.24, 2.45) is 5.73 Å². The number of nitrogens with zero attached hydrogens (tertiary/aromatic N) is 1. The number of ether oxygens (including phenoxy) is 1. The minimum atomic E-state index is -0.400. The number of amides is 1. The number of likely N-dealkylation sites (tertiary alicyclic amines) is 1. The van der Waals surface area contributed by atoms with Crippen LogP contribution in [0.5, 0.6) is 0 Å². The van der Waals surface area contributed by atoms with Gasteiger partial charge in [0.1, 0.15) is 6.04 Å². The number of carbonyl (C=O) groups is 2. The molecule has 0 bridgehead atoms. The van der Waals surface area contributed by atoms with E-state index in [-0.39, 0.29) is 11.9 Å². The fourth-order valence-corrected chi connectivity index (χ4v) is 1.24. The van der Waals surface area contributed by atoms with E-state index in [2.05, 4.69) is 4.74 Å². The summed E-state index contributed by atoms with van der Waals surface area (Å²) in [6.45, 7) is 2.84. The largest absolute Gasteiger partial charge is 0.463 e. The third-order valence-corrected chi connectivity index (χ3v) is 2.08. The van der Waals surface area contributed by atoms with Crippen LogP contribution in [-0.2, 0) is 14.3 Å². The van der Waals surface area contributed by atoms with Crippen LogP contribution in [-0.4, -0.2) is 36.0 Å². The van der Waals surface area contributed by atoms with Gasteiger partial charge in [-0.1, -0.05) is 0 Å². The summed E-state index contributed by atoms with van der Waals surface area (Å²) in [6, 6.07) is -0.263. The smallest absolute Gasteiger partial charge is 0.332 e. The van der Waals surface area contributed by atoms with E-state index in [1.165, 1.54) is 6.08 Å². The molecule has 5 nitrogen and oxygen atoms in total. The Morgan fingerprint density at radius 1 is 1.64 bits per heavy atom. The number of hydrogen-bond donors (Lipinski definition) is 1. The third-order valence-electron chi connectivity index (χ3n) is 2.08. The highest BCUT2D eigenvalue weighted by Crippen LogP contribution is 2.16. The van der Waals surface area contributed by atoms with Crippen molar-refractivity contribution >= 4 is 11.9 Å². The van der Waals surface area contributed by atoms with Gasteiger partial charge in [0.15, 0.2) is 0 Å². The monoisotopic (exact) mass is 198 g/mol. The normalized spacial score (nSPS) is 20.6. The average Bonchev–Trinajstić information content (AvgIpc) is 2.01. The highest BCUT2D eigenvalue weighted by atomic mass is 16.5. The second-order valence-electron chi connectivity index (χ2n) is 3.01. The van der Waals surface area contributed by atoms with Crippen molar-refractivity contribution in [3.05, 3.63) is 12.3 Å². The summed E-state index contributed by atoms with van der Waals surface area (Å²) in [5.74, 6) is -0.757. The Labute approximate surface area is 82.5 Å². The zero-order valence-electron chi connectivity index (χ0n) is 8.10. The van der Waals surface area contributed by atoms with Crippen molar-refractivity contribution < 1.29 is 14.3 Å². The van der Waals surface area contributed by atoms with Gasteiger partial charge in [-0.05, 0) is 13.3 Å². The Bertz CT molecular complexity index is 263. The van der Waals surface area contributed by atoms with Gasteiger partial charge in [0, 0.05) is 18.8 Å². The fraction of sp³-hybridized carbons (Fsp3) is 0.556. The molecular formula is C9H14N2O3. The van der Waals surface area contributed by atoms with Gasteiger partial charge in [-0.2, -0.15) is 0 Å². The average molecular weight is 198 g/mol. The van der Waals surface area contributed by atoms with Crippen LogP contribution in [0.2, 0.25) is 0 Å². The molecule has 0 radical (unpaired) electrons. The minimum absolute atomic E-state index is 0.263. The van der Waals surface area contributed by atoms with Crippen LogP contribution >= 0.6 is 0 Å². The van der Waals surface area contributed by atoms with Gasteiger partial charge in [0.25, 0.3) is 0 Å². The zero-order valence-corrected chi connectivity index (χ0v) is 8.10. The van der Waals surface area contributed by atoms with Crippen LogP contribution in [0.25, 0.3) is 0 Å². The van der Waals surface area contributed by atoms with Gasteiger partial charge in [-0.25, -0.2) is 4.79 Å². The van der Waals surface area contributed by atoms with E-state index in [9.17, 15) is 9.59 Å². The van der Waals surface area contributed by atoms with Crippen molar-refractivity contribution in [2.45, 2.75) is 19.4 Å². The van der Waals surface area contributed by atoms with E-state index < -0.39 is 5.97 Å². The molecule has 1 amide bonds. The maximum atomic E-state index is 10.9. The van der Waals surface area contributed by atoms with Crippen molar-refractivity contribution in [2.75, 3.05) is 13.2 Å². The number of hydrogen-bond acceptors (Lipinski definition) is 4. The summed E-state index contributed by atoms with van der Waals surface area (Å²) in [6.07, 6.45) is 3.61. The Hall–Kier alpha value is -1.52. The van der Waals surface area contributed by atoms with Crippen LogP contribution in [0.1, 0.15) is 13.3 Å². The van der Waals surface area contributed by atoms with Crippen LogP contribution in [0.15, 0.2) is 12.3 Å². The second kappa shape index (κ2) is 4.64. The van der Waals surface area contributed by atoms with Crippen molar-refractivity contribution in [1.82, 2.24) is 4.90 Å². The maximum Gasteiger partial charge on any atom is 0.332 e. The molecule has 14 heavy (non-hydrogen) atoms. The highest BCUT2D eigenvalue weighted by molar-refractivity contribution is 5.83. The molecule has 1 rings (SSSR count). The lowest BCUT2D eigenvalue weighted by molar-refractivity contribution is -0.137. The lowest BCUT2D eigenvalue weighted by Crippen LogP contribution is -2.51. The van der Waals surface area contributed by atoms with E-state index in [1.807, 2.05) is 0 Å². The molecule has 1 fully saturated rings. The van der Waals surface area contributed by atoms with Crippen LogP contribution < -0.4 is 5.73 Å². The highest BCUT2D eigenvalue weighted by Gasteiger charge is 2.29. The number of primary amides is 1. The molecule has 2 N–H and O–H groups in total. The number of rotatable bonds is 4. The number of esters is 1. The number of nitrogens with two attached hydrogens (primary N) is 1. The topological polar surface area (TPSA) is 72.6 Å². The Morgan fingerprint density at radius 2 is 2.36 bits per heavy atom. The third kappa shape index (κ3) is 2.48. The van der Waals surface area contributed by atoms with Crippen molar-refractivity contribution in [3.63, 3.8) is 0 Å². The minimum Gasteiger partial charge on any atom is -0.463 e. The Balaban J connectivity index is 2.37. The zero-order chi connectivity index (χ0) is 10.6. The first kappa shape index (κ1) is 10.6. The second-order valence-corrected chi connectivity index (χ2v) is 3.01. The van der Waals surface area contributed by atoms with E-state index >= 15 is 0 Å². The maximum absolute atomic E-state index is 10.9. The van der Waals surface area contributed by atoms with Gasteiger partial charge in [-0.15, -0.1) is 0 Å².